The van der Waals surface area contributed by atoms with Crippen LogP contribution in [0.1, 0.15) is 13.3 Å². The number of nitrogens with two attached hydrogens (primary N) is 1. The van der Waals surface area contributed by atoms with Crippen molar-refractivity contribution in [3.05, 3.63) is 0 Å². The minimum atomic E-state index is -0.222. The Labute approximate surface area is 60.0 Å². The summed E-state index contributed by atoms with van der Waals surface area (Å²) in [6, 6.07) is 0.330. The molecule has 0 radical (unpaired) electrons. The van der Waals surface area contributed by atoms with Gasteiger partial charge in [-0.1, -0.05) is 5.92 Å². The smallest absolute Gasteiger partial charge is 0.296 e. The number of rotatable bonds is 1. The van der Waals surface area contributed by atoms with E-state index in [-0.39, 0.29) is 18.0 Å². The quantitative estimate of drug-likeness (QED) is 0.467. The first kappa shape index (κ1) is 7.10. The van der Waals surface area contributed by atoms with E-state index >= 15 is 0 Å². The summed E-state index contributed by atoms with van der Waals surface area (Å²) in [4.78, 5) is 10.7. The summed E-state index contributed by atoms with van der Waals surface area (Å²) in [6.07, 6.45) is 0.886. The third-order valence-electron chi connectivity index (χ3n) is 1.39. The number of hydrogen-bond donors (Lipinski definition) is 2. The Hall–Kier alpha value is -1.01. The van der Waals surface area contributed by atoms with E-state index in [0.29, 0.717) is 0 Å². The van der Waals surface area contributed by atoms with E-state index in [9.17, 15) is 4.79 Å². The van der Waals surface area contributed by atoms with Crippen molar-refractivity contribution in [2.75, 3.05) is 0 Å². The lowest BCUT2D eigenvalue weighted by molar-refractivity contribution is -0.115. The minimum Gasteiger partial charge on any atom is -0.341 e. The molecule has 0 aromatic rings. The van der Waals surface area contributed by atoms with Crippen molar-refractivity contribution in [2.45, 2.75) is 25.4 Å². The predicted molar refractivity (Wildman–Crippen MR) is 38.0 cm³/mol. The molecule has 1 amide bonds. The summed E-state index contributed by atoms with van der Waals surface area (Å²) in [5, 5.41) is 2.67. The number of carbonyl (C=O) groups is 1. The Kier molecular flexibility index (Phi) is 1.93. The lowest BCUT2D eigenvalue weighted by Crippen LogP contribution is -2.28. The van der Waals surface area contributed by atoms with Gasteiger partial charge < -0.3 is 11.1 Å². The molecule has 0 saturated heterocycles. The molecule has 0 aromatic heterocycles. The zero-order chi connectivity index (χ0) is 7.56. The lowest BCUT2D eigenvalue weighted by Gasteiger charge is -1.93. The topological polar surface area (TPSA) is 55.1 Å². The molecule has 1 rings (SSSR count). The van der Waals surface area contributed by atoms with Gasteiger partial charge in [-0.05, 0) is 19.3 Å². The molecule has 1 fully saturated rings. The van der Waals surface area contributed by atoms with Crippen molar-refractivity contribution in [2.24, 2.45) is 5.73 Å². The summed E-state index contributed by atoms with van der Waals surface area (Å²) in [7, 11) is 0. The fraction of sp³-hybridized carbons (Fsp3) is 0.571. The van der Waals surface area contributed by atoms with Crippen LogP contribution in [-0.4, -0.2) is 18.0 Å². The van der Waals surface area contributed by atoms with Crippen LogP contribution in [0.2, 0.25) is 0 Å². The van der Waals surface area contributed by atoms with Crippen LogP contribution in [0, 0.1) is 11.8 Å². The van der Waals surface area contributed by atoms with Gasteiger partial charge in [0.25, 0.3) is 5.91 Å². The van der Waals surface area contributed by atoms with Crippen LogP contribution in [-0.2, 0) is 4.79 Å². The third-order valence-corrected chi connectivity index (χ3v) is 1.39. The zero-order valence-corrected chi connectivity index (χ0v) is 5.85. The van der Waals surface area contributed by atoms with E-state index in [4.69, 9.17) is 5.73 Å². The highest BCUT2D eigenvalue weighted by molar-refractivity contribution is 5.93. The van der Waals surface area contributed by atoms with E-state index in [1.165, 1.54) is 0 Å². The van der Waals surface area contributed by atoms with Crippen LogP contribution in [0.3, 0.4) is 0 Å². The maximum atomic E-state index is 10.7. The lowest BCUT2D eigenvalue weighted by atomic mass is 10.5. The van der Waals surface area contributed by atoms with Crippen LogP contribution < -0.4 is 11.1 Å². The van der Waals surface area contributed by atoms with Crippen molar-refractivity contribution in [1.82, 2.24) is 5.32 Å². The van der Waals surface area contributed by atoms with Crippen LogP contribution in [0.15, 0.2) is 0 Å². The number of amides is 1. The Morgan fingerprint density at radius 2 is 2.40 bits per heavy atom. The molecule has 1 aliphatic rings. The molecule has 0 aromatic carbocycles. The number of carbonyl (C=O) groups excluding carboxylic acids is 1. The van der Waals surface area contributed by atoms with Gasteiger partial charge >= 0.3 is 0 Å². The van der Waals surface area contributed by atoms with Crippen LogP contribution in [0.5, 0.6) is 0 Å². The second-order valence-electron chi connectivity index (χ2n) is 2.35. The van der Waals surface area contributed by atoms with Crippen molar-refractivity contribution < 1.29 is 4.79 Å². The largest absolute Gasteiger partial charge is 0.341 e. The van der Waals surface area contributed by atoms with Gasteiger partial charge in [0.15, 0.2) is 0 Å². The van der Waals surface area contributed by atoms with E-state index in [1.807, 2.05) is 0 Å². The molecule has 54 valence electrons. The normalized spacial score (nSPS) is 28.2. The average molecular weight is 138 g/mol. The molecule has 3 nitrogen and oxygen atoms in total. The zero-order valence-electron chi connectivity index (χ0n) is 5.85. The summed E-state index contributed by atoms with van der Waals surface area (Å²) in [6.45, 7) is 1.63. The molecule has 3 N–H and O–H groups in total. The fourth-order valence-electron chi connectivity index (χ4n) is 0.699. The van der Waals surface area contributed by atoms with Gasteiger partial charge in [-0.2, -0.15) is 0 Å². The van der Waals surface area contributed by atoms with E-state index < -0.39 is 0 Å². The van der Waals surface area contributed by atoms with Crippen LogP contribution >= 0.6 is 0 Å². The predicted octanol–water partition coefficient (Wildman–Crippen LogP) is -0.774. The molecule has 2 atom stereocenters. The average Bonchev–Trinajstić information content (AvgIpc) is 2.47. The molecule has 0 bridgehead atoms. The van der Waals surface area contributed by atoms with E-state index in [2.05, 4.69) is 17.2 Å². The van der Waals surface area contributed by atoms with Crippen LogP contribution in [0.25, 0.3) is 0 Å². The van der Waals surface area contributed by atoms with Gasteiger partial charge in [0.05, 0.1) is 0 Å². The summed E-state index contributed by atoms with van der Waals surface area (Å²) in [5.41, 5.74) is 5.45. The van der Waals surface area contributed by atoms with Gasteiger partial charge in [0.2, 0.25) is 0 Å². The Balaban J connectivity index is 2.24. The maximum Gasteiger partial charge on any atom is 0.296 e. The first-order chi connectivity index (χ1) is 4.74. The molecule has 0 heterocycles. The second-order valence-corrected chi connectivity index (χ2v) is 2.35. The third kappa shape index (κ3) is 1.74. The Morgan fingerprint density at radius 3 is 2.80 bits per heavy atom. The van der Waals surface area contributed by atoms with Crippen molar-refractivity contribution in [1.29, 1.82) is 0 Å². The molecular weight excluding hydrogens is 128 g/mol. The number of nitrogens with one attached hydrogen (secondary N) is 1. The highest BCUT2D eigenvalue weighted by Crippen LogP contribution is 2.16. The van der Waals surface area contributed by atoms with Crippen molar-refractivity contribution in [3.8, 4) is 11.8 Å². The minimum absolute atomic E-state index is 0.155. The fourth-order valence-corrected chi connectivity index (χ4v) is 0.699. The first-order valence-corrected chi connectivity index (χ1v) is 3.23. The van der Waals surface area contributed by atoms with Gasteiger partial charge in [0.1, 0.15) is 0 Å². The van der Waals surface area contributed by atoms with E-state index in [0.717, 1.165) is 6.42 Å². The summed E-state index contributed by atoms with van der Waals surface area (Å²) < 4.78 is 0. The van der Waals surface area contributed by atoms with Gasteiger partial charge in [-0.15, -0.1) is 0 Å². The molecule has 1 saturated carbocycles. The SMILES string of the molecule is CC#CC(=O)NC1CC1N. The first-order valence-electron chi connectivity index (χ1n) is 3.23. The molecule has 0 spiro atoms. The van der Waals surface area contributed by atoms with E-state index in [1.54, 1.807) is 6.92 Å². The second kappa shape index (κ2) is 2.72. The Bertz CT molecular complexity index is 201. The standard InChI is InChI=1S/C7H10N2O/c1-2-3-7(10)9-6-4-5(6)8/h5-6H,4,8H2,1H3,(H,9,10). The highest BCUT2D eigenvalue weighted by atomic mass is 16.1. The maximum absolute atomic E-state index is 10.7. The van der Waals surface area contributed by atoms with Gasteiger partial charge in [-0.25, -0.2) is 0 Å². The van der Waals surface area contributed by atoms with Crippen LogP contribution in [0.4, 0.5) is 0 Å². The van der Waals surface area contributed by atoms with Gasteiger partial charge in [-0.3, -0.25) is 4.79 Å². The molecule has 10 heavy (non-hydrogen) atoms. The molecule has 0 aliphatic heterocycles. The molecule has 3 heteroatoms. The number of hydrogen-bond acceptors (Lipinski definition) is 2. The molecular formula is C7H10N2O. The summed E-state index contributed by atoms with van der Waals surface area (Å²) >= 11 is 0. The molecule has 1 aliphatic carbocycles. The highest BCUT2D eigenvalue weighted by Gasteiger charge is 2.34. The van der Waals surface area contributed by atoms with Crippen molar-refractivity contribution >= 4 is 5.91 Å². The molecule has 2 unspecified atom stereocenters. The van der Waals surface area contributed by atoms with Crippen molar-refractivity contribution in [3.63, 3.8) is 0 Å². The monoisotopic (exact) mass is 138 g/mol. The summed E-state index contributed by atoms with van der Waals surface area (Å²) in [5.74, 6) is 4.67. The van der Waals surface area contributed by atoms with Gasteiger partial charge in [0, 0.05) is 12.1 Å². The Morgan fingerprint density at radius 1 is 1.80 bits per heavy atom.